The predicted octanol–water partition coefficient (Wildman–Crippen LogP) is 9.05. The molecular weight excluding hydrogens is 826 g/mol. The molecule has 6 heterocycles. The van der Waals surface area contributed by atoms with Gasteiger partial charge in [0, 0.05) is 41.2 Å². The first kappa shape index (κ1) is 39.9. The topological polar surface area (TPSA) is 111 Å². The molecule has 60 heavy (non-hydrogen) atoms. The zero-order valence-corrected chi connectivity index (χ0v) is 35.1. The third kappa shape index (κ3) is 7.93. The minimum atomic E-state index is -0.313. The molecule has 308 valence electrons. The van der Waals surface area contributed by atoms with Crippen molar-refractivity contribution in [3.05, 3.63) is 138 Å². The average Bonchev–Trinajstić information content (AvgIpc) is 3.66. The molecule has 8 aromatic rings. The van der Waals surface area contributed by atoms with Gasteiger partial charge in [0.1, 0.15) is 5.82 Å². The minimum Gasteiger partial charge on any atom is -0.341 e. The molecule has 4 aromatic heterocycles. The average molecular weight is 868 g/mol. The Morgan fingerprint density at radius 3 is 1.28 bits per heavy atom. The van der Waals surface area contributed by atoms with Gasteiger partial charge in [-0.2, -0.15) is 0 Å². The van der Waals surface area contributed by atoms with Crippen LogP contribution >= 0.6 is 34.8 Å². The summed E-state index contributed by atoms with van der Waals surface area (Å²) >= 11 is 18.5. The van der Waals surface area contributed by atoms with E-state index in [-0.39, 0.29) is 23.5 Å². The van der Waals surface area contributed by atoms with E-state index in [0.717, 1.165) is 85.9 Å². The lowest BCUT2D eigenvalue weighted by Gasteiger charge is -2.21. The highest BCUT2D eigenvalue weighted by molar-refractivity contribution is 6.31. The predicted molar refractivity (Wildman–Crippen MR) is 237 cm³/mol. The molecule has 0 N–H and O–H groups in total. The molecule has 16 heteroatoms. The maximum absolute atomic E-state index is 13.4. The Morgan fingerprint density at radius 2 is 0.867 bits per heavy atom. The summed E-state index contributed by atoms with van der Waals surface area (Å²) in [6.45, 7) is 4.33. The molecule has 0 aliphatic carbocycles. The van der Waals surface area contributed by atoms with Crippen LogP contribution in [-0.4, -0.2) is 64.5 Å². The Balaban J connectivity index is 0.000000154. The van der Waals surface area contributed by atoms with Gasteiger partial charge < -0.3 is 9.80 Å². The van der Waals surface area contributed by atoms with Crippen LogP contribution in [0.1, 0.15) is 62.5 Å². The van der Waals surface area contributed by atoms with Gasteiger partial charge in [-0.25, -0.2) is 13.2 Å². The van der Waals surface area contributed by atoms with Crippen molar-refractivity contribution in [3.63, 3.8) is 0 Å². The van der Waals surface area contributed by atoms with Gasteiger partial charge in [0.05, 0.1) is 34.9 Å². The zero-order valence-electron chi connectivity index (χ0n) is 32.8. The second-order valence-electron chi connectivity index (χ2n) is 15.4. The number of hydrogen-bond acceptors (Lipinski definition) is 8. The van der Waals surface area contributed by atoms with Gasteiger partial charge in [-0.3, -0.25) is 18.7 Å². The fraction of sp³-hybridized carbons (Fsp3) is 0.318. The van der Waals surface area contributed by atoms with Crippen molar-refractivity contribution < 1.29 is 4.39 Å². The molecule has 2 aliphatic rings. The van der Waals surface area contributed by atoms with Crippen molar-refractivity contribution in [2.45, 2.75) is 64.5 Å². The number of benzene rings is 4. The van der Waals surface area contributed by atoms with E-state index >= 15 is 0 Å². The van der Waals surface area contributed by atoms with Crippen LogP contribution < -0.4 is 20.9 Å². The lowest BCUT2D eigenvalue weighted by molar-refractivity contribution is 0.626. The summed E-state index contributed by atoms with van der Waals surface area (Å²) in [5.41, 5.74) is 2.95. The van der Waals surface area contributed by atoms with Gasteiger partial charge in [-0.1, -0.05) is 84.8 Å². The van der Waals surface area contributed by atoms with Crippen molar-refractivity contribution in [3.8, 4) is 0 Å². The Hall–Kier alpha value is -5.50. The van der Waals surface area contributed by atoms with E-state index in [1.165, 1.54) is 37.8 Å². The first-order chi connectivity index (χ1) is 29.2. The van der Waals surface area contributed by atoms with E-state index in [1.807, 2.05) is 45.2 Å². The highest BCUT2D eigenvalue weighted by atomic mass is 35.5. The maximum atomic E-state index is 13.4. The Morgan fingerprint density at radius 1 is 0.483 bits per heavy atom. The van der Waals surface area contributed by atoms with Crippen LogP contribution in [0.4, 0.5) is 16.3 Å². The van der Waals surface area contributed by atoms with Crippen LogP contribution in [0.3, 0.4) is 0 Å². The lowest BCUT2D eigenvalue weighted by atomic mass is 10.2. The van der Waals surface area contributed by atoms with Crippen LogP contribution in [0.5, 0.6) is 0 Å². The van der Waals surface area contributed by atoms with Crippen LogP contribution in [0, 0.1) is 5.82 Å². The first-order valence-corrected chi connectivity index (χ1v) is 21.5. The number of aromatic nitrogens is 8. The summed E-state index contributed by atoms with van der Waals surface area (Å²) in [4.78, 5) is 31.3. The molecule has 0 spiro atoms. The number of anilines is 2. The smallest absolute Gasteiger partial charge is 0.263 e. The summed E-state index contributed by atoms with van der Waals surface area (Å²) in [6, 6.07) is 24.3. The largest absolute Gasteiger partial charge is 0.341 e. The Labute approximate surface area is 359 Å². The molecule has 12 nitrogen and oxygen atoms in total. The quantitative estimate of drug-likeness (QED) is 0.163. The summed E-state index contributed by atoms with van der Waals surface area (Å²) in [7, 11) is 0. The van der Waals surface area contributed by atoms with Gasteiger partial charge in [0.15, 0.2) is 0 Å². The highest BCUT2D eigenvalue weighted by Gasteiger charge is 2.23. The van der Waals surface area contributed by atoms with Crippen LogP contribution in [-0.2, 0) is 13.1 Å². The van der Waals surface area contributed by atoms with Crippen LogP contribution in [0.15, 0.2) is 94.5 Å². The highest BCUT2D eigenvalue weighted by Crippen LogP contribution is 2.27. The summed E-state index contributed by atoms with van der Waals surface area (Å²) in [6.07, 6.45) is 9.33. The minimum absolute atomic E-state index is 0.134. The normalized spacial score (nSPS) is 15.1. The monoisotopic (exact) mass is 866 g/mol. The van der Waals surface area contributed by atoms with Crippen molar-refractivity contribution in [1.82, 2.24) is 38.3 Å². The second kappa shape index (κ2) is 17.2. The van der Waals surface area contributed by atoms with Crippen molar-refractivity contribution in [2.75, 3.05) is 36.0 Å². The SMILES string of the molecule is O=c1c2cc(Cl)ccc2n2c(N3CCCCCC3)nnc2n1Cc1ccc(Cl)cc1.O=c1c2cc(Cl)ccc2n2c(N3CCCCCC3)nnc2n1Cc1ccc(F)cc1. The molecule has 0 radical (unpaired) electrons. The molecule has 0 amide bonds. The fourth-order valence-electron chi connectivity index (χ4n) is 8.32. The van der Waals surface area contributed by atoms with Gasteiger partial charge in [-0.05, 0) is 97.5 Å². The van der Waals surface area contributed by atoms with Crippen molar-refractivity contribution in [2.24, 2.45) is 0 Å². The van der Waals surface area contributed by atoms with Crippen molar-refractivity contribution >= 4 is 80.1 Å². The van der Waals surface area contributed by atoms with Crippen LogP contribution in [0.2, 0.25) is 15.1 Å². The number of nitrogens with zero attached hydrogens (tertiary/aromatic N) is 10. The standard InChI is InChI=1S/C22H21Cl2N5O.C22H21ClFN5O/c23-16-7-5-15(6-8-16)14-28-20(30)18-13-17(24)9-10-19(18)29-21(25-26-22(28)29)27-11-3-1-2-4-12-27;23-16-7-10-19-18(13-16)20(30)28(14-15-5-8-17(24)9-6-15)22-26-25-21(29(19)22)27-11-3-1-2-4-12-27/h2*5-10,13H,1-4,11-12,14H2. The zero-order chi connectivity index (χ0) is 41.3. The van der Waals surface area contributed by atoms with E-state index in [2.05, 4.69) is 30.2 Å². The number of fused-ring (bicyclic) bond motifs is 6. The number of rotatable bonds is 6. The number of hydrogen-bond donors (Lipinski definition) is 0. The van der Waals surface area contributed by atoms with E-state index in [1.54, 1.807) is 45.5 Å². The molecular formula is C44H42Cl3FN10O2. The molecule has 0 bridgehead atoms. The second-order valence-corrected chi connectivity index (χ2v) is 16.7. The van der Waals surface area contributed by atoms with Crippen LogP contribution in [0.25, 0.3) is 33.4 Å². The third-order valence-corrected chi connectivity index (χ3v) is 12.1. The van der Waals surface area contributed by atoms with E-state index in [0.29, 0.717) is 43.9 Å². The first-order valence-electron chi connectivity index (χ1n) is 20.4. The van der Waals surface area contributed by atoms with Gasteiger partial charge in [0.25, 0.3) is 11.1 Å². The summed E-state index contributed by atoms with van der Waals surface area (Å²) < 4.78 is 20.5. The van der Waals surface area contributed by atoms with E-state index in [4.69, 9.17) is 34.8 Å². The number of halogens is 4. The molecule has 2 aliphatic heterocycles. The Bertz CT molecular complexity index is 2750. The fourth-order valence-corrected chi connectivity index (χ4v) is 8.79. The Kier molecular flexibility index (Phi) is 11.5. The molecule has 0 atom stereocenters. The summed E-state index contributed by atoms with van der Waals surface area (Å²) in [5, 5.41) is 20.6. The molecule has 0 unspecified atom stereocenters. The van der Waals surface area contributed by atoms with Gasteiger partial charge in [0.2, 0.25) is 23.5 Å². The summed E-state index contributed by atoms with van der Waals surface area (Å²) in [5.74, 6) is 2.21. The van der Waals surface area contributed by atoms with E-state index < -0.39 is 0 Å². The van der Waals surface area contributed by atoms with E-state index in [9.17, 15) is 14.0 Å². The van der Waals surface area contributed by atoms with Crippen molar-refractivity contribution in [1.29, 1.82) is 0 Å². The molecule has 2 saturated heterocycles. The lowest BCUT2D eigenvalue weighted by Crippen LogP contribution is -2.28. The third-order valence-electron chi connectivity index (χ3n) is 11.4. The molecule has 10 rings (SSSR count). The molecule has 0 saturated carbocycles. The van der Waals surface area contributed by atoms with Gasteiger partial charge in [-0.15, -0.1) is 20.4 Å². The molecule has 2 fully saturated rings. The molecule has 4 aromatic carbocycles. The van der Waals surface area contributed by atoms with Gasteiger partial charge >= 0.3 is 0 Å². The maximum Gasteiger partial charge on any atom is 0.263 e.